The van der Waals surface area contributed by atoms with Gasteiger partial charge in [-0.3, -0.25) is 0 Å². The molecule has 12 heteroatoms. The summed E-state index contributed by atoms with van der Waals surface area (Å²) in [6.45, 7) is 38.5. The van der Waals surface area contributed by atoms with Crippen LogP contribution in [0.25, 0.3) is 248 Å². The Kier molecular flexibility index (Phi) is 5.93. The van der Waals surface area contributed by atoms with E-state index in [1.807, 2.05) is 0 Å². The highest BCUT2D eigenvalue weighted by Crippen LogP contribution is 2.90. The lowest BCUT2D eigenvalue weighted by Crippen LogP contribution is -2.58. The highest BCUT2D eigenvalue weighted by atomic mass is 17.2. The molecule has 0 aromatic heterocycles. The van der Waals surface area contributed by atoms with Gasteiger partial charge in [-0.05, 0) is 372 Å². The molecule has 0 spiro atoms. The number of rotatable bonds is 12. The summed E-state index contributed by atoms with van der Waals surface area (Å²) in [5, 5.41) is 59.6. The van der Waals surface area contributed by atoms with Crippen LogP contribution in [0.4, 0.5) is 0 Å². The van der Waals surface area contributed by atoms with Crippen LogP contribution in [0.15, 0.2) is 0 Å². The summed E-state index contributed by atoms with van der Waals surface area (Å²) in [7, 11) is 0. The largest absolute Gasteiger partial charge is 0.229 e. The van der Waals surface area contributed by atoms with Gasteiger partial charge in [0.1, 0.15) is 0 Å². The third kappa shape index (κ3) is 3.53. The van der Waals surface area contributed by atoms with Crippen molar-refractivity contribution >= 4 is 248 Å². The van der Waals surface area contributed by atoms with E-state index < -0.39 is 67.2 Å². The molecule has 12 nitrogen and oxygen atoms in total. The zero-order valence-corrected chi connectivity index (χ0v) is 60.9. The molecular formula is C94H54O12. The zero-order chi connectivity index (χ0) is 69.4. The summed E-state index contributed by atoms with van der Waals surface area (Å²) < 4.78 is 0. The molecule has 0 saturated carbocycles. The molecule has 0 heterocycles. The summed E-state index contributed by atoms with van der Waals surface area (Å²) in [6.07, 6.45) is 0. The van der Waals surface area contributed by atoms with Crippen molar-refractivity contribution in [3.05, 3.63) is 100 Å². The molecule has 0 saturated heterocycles. The Balaban J connectivity index is 0.994. The van der Waals surface area contributed by atoms with Crippen LogP contribution in [-0.4, -0.2) is 33.6 Å². The summed E-state index contributed by atoms with van der Waals surface area (Å²) in [6, 6.07) is 0. The van der Waals surface area contributed by atoms with E-state index in [1.165, 1.54) is 227 Å². The molecule has 6 unspecified atom stereocenters. The number of hydrogen-bond acceptors (Lipinski definition) is 12. The van der Waals surface area contributed by atoms with Gasteiger partial charge in [0.05, 0.1) is 33.6 Å². The lowest BCUT2D eigenvalue weighted by atomic mass is 9.50. The fraction of sp³-hybridized carbons (Fsp3) is 0.319. The Bertz CT molecular complexity index is 8490. The molecule has 0 N–H and O–H groups in total. The molecule has 6 atom stereocenters. The van der Waals surface area contributed by atoms with Crippen LogP contribution in [0.3, 0.4) is 0 Å². The third-order valence-electron chi connectivity index (χ3n) is 30.6. The quantitative estimate of drug-likeness (QED) is 0.0503. The Morgan fingerprint density at radius 1 is 0.113 bits per heavy atom. The smallest absolute Gasteiger partial charge is 0.182 e. The molecule has 37 rings (SSSR count). The van der Waals surface area contributed by atoms with Crippen LogP contribution in [0.2, 0.25) is 0 Å². The van der Waals surface area contributed by atoms with Crippen molar-refractivity contribution in [3.8, 4) is 0 Å². The molecule has 0 fully saturated rings. The van der Waals surface area contributed by atoms with Crippen molar-refractivity contribution in [2.24, 2.45) is 0 Å². The van der Waals surface area contributed by atoms with Gasteiger partial charge in [0, 0.05) is 100 Å². The maximum absolute atomic E-state index is 8.60. The highest BCUT2D eigenvalue weighted by molar-refractivity contribution is 6.76. The van der Waals surface area contributed by atoms with Gasteiger partial charge < -0.3 is 0 Å². The predicted octanol–water partition coefficient (Wildman–Crippen LogP) is 22.6. The van der Waals surface area contributed by atoms with Crippen molar-refractivity contribution in [2.45, 2.75) is 192 Å². The molecular weight excluding hydrogens is 1320 g/mol. The summed E-state index contributed by atoms with van der Waals surface area (Å²) >= 11 is 0. The van der Waals surface area contributed by atoms with Crippen LogP contribution in [0, 0.1) is 0 Å². The SMILES string of the molecule is CC(C)(C)OOC12c3c4c5c6c7c3C3(OOC(C)(C)C)c8c9c%10c%11c(c81)c1c2c2c8c%12c(c%13c%14c%15c%16c(c6c6c%17c7c3c3c7c%18c(c%19c%20c%21c%22c(c%11c%11c1c8c1c%11c%22c8c%21c%11c%21c%20c%18c%18c(c7%17)c6c%16c(c%15c%11c6c%14c%12c1c86)c%18%21)C%10%19OOC(C)(C)C)C93OOC(C)(C)C)C5%13OOC(C)(C)C)C42OOC(C)(C)C. The van der Waals surface area contributed by atoms with Crippen LogP contribution < -0.4 is 0 Å². The Morgan fingerprint density at radius 3 is 0.349 bits per heavy atom. The first-order valence-corrected chi connectivity index (χ1v) is 38.7. The summed E-state index contributed by atoms with van der Waals surface area (Å²) in [4.78, 5) is 96.9. The van der Waals surface area contributed by atoms with Gasteiger partial charge >= 0.3 is 0 Å². The topological polar surface area (TPSA) is 111 Å². The molecule has 24 aromatic carbocycles. The summed E-state index contributed by atoms with van der Waals surface area (Å²) in [5.74, 6) is 0. The molecule has 24 aromatic rings. The molecule has 502 valence electrons. The van der Waals surface area contributed by atoms with E-state index >= 15 is 0 Å². The van der Waals surface area contributed by atoms with Gasteiger partial charge in [-0.25, -0.2) is 58.7 Å². The van der Waals surface area contributed by atoms with Gasteiger partial charge in [0.2, 0.25) is 0 Å². The molecule has 0 amide bonds. The van der Waals surface area contributed by atoms with Crippen LogP contribution >= 0.6 is 0 Å². The van der Waals surface area contributed by atoms with E-state index in [-0.39, 0.29) is 0 Å². The van der Waals surface area contributed by atoms with E-state index in [4.69, 9.17) is 58.7 Å². The predicted molar refractivity (Wildman–Crippen MR) is 410 cm³/mol. The Morgan fingerprint density at radius 2 is 0.198 bits per heavy atom. The van der Waals surface area contributed by atoms with Gasteiger partial charge in [-0.1, -0.05) is 0 Å². The molecule has 13 aliphatic rings. The second kappa shape index (κ2) is 12.2. The van der Waals surface area contributed by atoms with Gasteiger partial charge in [0.25, 0.3) is 0 Å². The molecule has 0 radical (unpaired) electrons. The lowest BCUT2D eigenvalue weighted by molar-refractivity contribution is -0.411. The molecule has 106 heavy (non-hydrogen) atoms. The minimum atomic E-state index is -1.62. The van der Waals surface area contributed by atoms with E-state index in [2.05, 4.69) is 125 Å². The zero-order valence-electron chi connectivity index (χ0n) is 60.9. The standard InChI is InChI=1S/C94H54O12/c1-83(2,3)95-101-89-65-49-35-27-22-24-20-19-23-21-25-30-34-36-28(21)32(20)48-50(36)66-54-40(34)46-44(30)57-55-41(25)37(23)51(47(49)31(19)27)67(89)69(55)91(103-97-85(7,8)9)71(57)74-60(46)64-62(54)76-80-82-78(64)93(74,105-99-87(13,14)15)81-77-63-59-45-39(53(65)61(63)75(89)79(81)91)33(35)29-26(22)42-38(24)52(48)68(90(66,76)102-96-84(4,5)6)70-56(42)58(43(29)45)72(92(70,80)104-98-86(10,11)12)73(59)94(77,82)106-100-88(16,17)18/h1-18H3. The number of hydrogen-bond donors (Lipinski definition) is 0. The molecule has 13 aliphatic carbocycles. The average Bonchev–Trinajstić information content (AvgIpc) is 1.37. The van der Waals surface area contributed by atoms with E-state index in [0.29, 0.717) is 0 Å². The van der Waals surface area contributed by atoms with Gasteiger partial charge in [-0.2, -0.15) is 0 Å². The van der Waals surface area contributed by atoms with Crippen molar-refractivity contribution in [1.29, 1.82) is 0 Å². The number of benzene rings is 18. The summed E-state index contributed by atoms with van der Waals surface area (Å²) in [5.41, 5.74) is 4.65. The van der Waals surface area contributed by atoms with E-state index in [0.717, 1.165) is 121 Å². The van der Waals surface area contributed by atoms with Crippen molar-refractivity contribution in [1.82, 2.24) is 0 Å². The fourth-order valence-electron chi connectivity index (χ4n) is 30.0. The maximum atomic E-state index is 8.60. The molecule has 0 aliphatic heterocycles. The Hall–Kier alpha value is -8.80. The van der Waals surface area contributed by atoms with Crippen molar-refractivity contribution < 1.29 is 58.7 Å². The van der Waals surface area contributed by atoms with Crippen LogP contribution in [-0.2, 0) is 92.3 Å². The fourth-order valence-corrected chi connectivity index (χ4v) is 30.0. The second-order valence-corrected chi connectivity index (χ2v) is 41.8. The maximum Gasteiger partial charge on any atom is 0.182 e. The van der Waals surface area contributed by atoms with Gasteiger partial charge in [0.15, 0.2) is 33.6 Å². The minimum absolute atomic E-state index is 0.790. The highest BCUT2D eigenvalue weighted by Gasteiger charge is 2.82. The van der Waals surface area contributed by atoms with Crippen LogP contribution in [0.5, 0.6) is 0 Å². The first-order chi connectivity index (χ1) is 50.4. The normalized spacial score (nSPS) is 26.3. The van der Waals surface area contributed by atoms with E-state index in [1.54, 1.807) is 0 Å². The van der Waals surface area contributed by atoms with Gasteiger partial charge in [-0.15, -0.1) is 0 Å². The first kappa shape index (κ1) is 51.5. The lowest BCUT2D eigenvalue weighted by Gasteiger charge is -2.58. The van der Waals surface area contributed by atoms with Crippen LogP contribution in [0.1, 0.15) is 225 Å². The third-order valence-corrected chi connectivity index (χ3v) is 30.6. The minimum Gasteiger partial charge on any atom is -0.229 e. The first-order valence-electron chi connectivity index (χ1n) is 38.7. The second-order valence-electron chi connectivity index (χ2n) is 41.8. The van der Waals surface area contributed by atoms with E-state index in [9.17, 15) is 0 Å². The van der Waals surface area contributed by atoms with Crippen molar-refractivity contribution in [2.75, 3.05) is 0 Å². The average molecular weight is 1380 g/mol. The monoisotopic (exact) mass is 1370 g/mol. The molecule has 0 bridgehead atoms. The van der Waals surface area contributed by atoms with Crippen molar-refractivity contribution in [3.63, 3.8) is 0 Å². The Labute approximate surface area is 595 Å².